The first-order chi connectivity index (χ1) is 11.9. The number of rotatable bonds is 3. The van der Waals surface area contributed by atoms with Crippen molar-refractivity contribution in [2.24, 2.45) is 5.92 Å². The van der Waals surface area contributed by atoms with Gasteiger partial charge in [0.1, 0.15) is 0 Å². The van der Waals surface area contributed by atoms with Crippen LogP contribution in [0, 0.1) is 5.92 Å². The molecule has 0 aliphatic carbocycles. The molecular formula is C17H12Cl4N2O2. The quantitative estimate of drug-likeness (QED) is 0.737. The monoisotopic (exact) mass is 416 g/mol. The summed E-state index contributed by atoms with van der Waals surface area (Å²) in [5, 5.41) is 4.14. The lowest BCUT2D eigenvalue weighted by Crippen LogP contribution is -2.28. The number of amides is 2. The lowest BCUT2D eigenvalue weighted by Gasteiger charge is -2.18. The van der Waals surface area contributed by atoms with Gasteiger partial charge in [-0.15, -0.1) is 0 Å². The molecule has 0 bridgehead atoms. The highest BCUT2D eigenvalue weighted by molar-refractivity contribution is 6.44. The van der Waals surface area contributed by atoms with Crippen LogP contribution in [0.5, 0.6) is 0 Å². The van der Waals surface area contributed by atoms with E-state index in [4.69, 9.17) is 46.4 Å². The lowest BCUT2D eigenvalue weighted by molar-refractivity contribution is -0.122. The summed E-state index contributed by atoms with van der Waals surface area (Å²) in [6.07, 6.45) is 0.0933. The van der Waals surface area contributed by atoms with Crippen LogP contribution in [0.25, 0.3) is 0 Å². The zero-order valence-corrected chi connectivity index (χ0v) is 15.8. The highest BCUT2D eigenvalue weighted by atomic mass is 35.5. The zero-order chi connectivity index (χ0) is 18.1. The number of benzene rings is 2. The highest BCUT2D eigenvalue weighted by Crippen LogP contribution is 2.36. The van der Waals surface area contributed by atoms with Crippen molar-refractivity contribution in [2.75, 3.05) is 16.8 Å². The number of carbonyl (C=O) groups excluding carboxylic acids is 2. The van der Waals surface area contributed by atoms with Crippen LogP contribution < -0.4 is 10.2 Å². The third kappa shape index (κ3) is 3.87. The molecule has 0 unspecified atom stereocenters. The highest BCUT2D eigenvalue weighted by Gasteiger charge is 2.36. The molecule has 130 valence electrons. The van der Waals surface area contributed by atoms with Gasteiger partial charge >= 0.3 is 0 Å². The van der Waals surface area contributed by atoms with Crippen LogP contribution in [0.15, 0.2) is 36.4 Å². The SMILES string of the molecule is O=C(Nc1ccc(Cl)c(Cl)c1)[C@H]1CC(=O)N(c2cccc(Cl)c2Cl)C1. The molecule has 1 aliphatic rings. The summed E-state index contributed by atoms with van der Waals surface area (Å²) < 4.78 is 0. The van der Waals surface area contributed by atoms with E-state index in [1.165, 1.54) is 4.90 Å². The molecule has 4 nitrogen and oxygen atoms in total. The van der Waals surface area contributed by atoms with Gasteiger partial charge in [-0.2, -0.15) is 0 Å². The number of halogens is 4. The van der Waals surface area contributed by atoms with Crippen LogP contribution in [0.2, 0.25) is 20.1 Å². The Kier molecular flexibility index (Phi) is 5.44. The second-order valence-electron chi connectivity index (χ2n) is 5.60. The van der Waals surface area contributed by atoms with Gasteiger partial charge in [0, 0.05) is 18.7 Å². The predicted molar refractivity (Wildman–Crippen MR) is 102 cm³/mol. The van der Waals surface area contributed by atoms with Gasteiger partial charge in [-0.05, 0) is 30.3 Å². The van der Waals surface area contributed by atoms with Crippen molar-refractivity contribution in [3.8, 4) is 0 Å². The van der Waals surface area contributed by atoms with Crippen molar-refractivity contribution in [1.29, 1.82) is 0 Å². The molecule has 1 N–H and O–H groups in total. The number of nitrogens with zero attached hydrogens (tertiary/aromatic N) is 1. The van der Waals surface area contributed by atoms with Gasteiger partial charge in [-0.3, -0.25) is 9.59 Å². The molecule has 2 aromatic carbocycles. The fraction of sp³-hybridized carbons (Fsp3) is 0.176. The van der Waals surface area contributed by atoms with Gasteiger partial charge in [0.25, 0.3) is 0 Å². The average molecular weight is 418 g/mol. The van der Waals surface area contributed by atoms with E-state index < -0.39 is 5.92 Å². The minimum atomic E-state index is -0.503. The molecule has 0 spiro atoms. The minimum Gasteiger partial charge on any atom is -0.326 e. The van der Waals surface area contributed by atoms with Gasteiger partial charge in [0.2, 0.25) is 11.8 Å². The topological polar surface area (TPSA) is 49.4 Å². The van der Waals surface area contributed by atoms with Gasteiger partial charge in [0.05, 0.1) is 31.7 Å². The van der Waals surface area contributed by atoms with E-state index in [1.54, 1.807) is 36.4 Å². The maximum atomic E-state index is 12.5. The van der Waals surface area contributed by atoms with E-state index in [-0.39, 0.29) is 24.8 Å². The third-order valence-corrected chi connectivity index (χ3v) is 5.45. The predicted octanol–water partition coefficient (Wildman–Crippen LogP) is 5.29. The van der Waals surface area contributed by atoms with Crippen molar-refractivity contribution in [3.05, 3.63) is 56.5 Å². The fourth-order valence-corrected chi connectivity index (χ4v) is 3.33. The number of hydrogen-bond donors (Lipinski definition) is 1. The molecule has 1 saturated heterocycles. The van der Waals surface area contributed by atoms with Gasteiger partial charge in [0.15, 0.2) is 0 Å². The summed E-state index contributed by atoms with van der Waals surface area (Å²) >= 11 is 24.0. The average Bonchev–Trinajstić information content (AvgIpc) is 2.95. The third-order valence-electron chi connectivity index (χ3n) is 3.90. The standard InChI is InChI=1S/C17H12Cl4N2O2/c18-11-5-4-10(7-13(11)20)22-17(25)9-6-15(24)23(8-9)14-3-1-2-12(19)16(14)21/h1-5,7,9H,6,8H2,(H,22,25)/t9-/m0/s1. The Hall–Kier alpha value is -1.46. The Morgan fingerprint density at radius 2 is 1.80 bits per heavy atom. The van der Waals surface area contributed by atoms with Crippen LogP contribution in [-0.4, -0.2) is 18.4 Å². The zero-order valence-electron chi connectivity index (χ0n) is 12.7. The molecule has 0 aromatic heterocycles. The first-order valence-corrected chi connectivity index (χ1v) is 8.88. The van der Waals surface area contributed by atoms with Crippen molar-refractivity contribution in [2.45, 2.75) is 6.42 Å². The summed E-state index contributed by atoms with van der Waals surface area (Å²) in [5.41, 5.74) is 1.02. The van der Waals surface area contributed by atoms with Gasteiger partial charge < -0.3 is 10.2 Å². The molecule has 0 saturated carbocycles. The Morgan fingerprint density at radius 1 is 1.04 bits per heavy atom. The van der Waals surface area contributed by atoms with Crippen molar-refractivity contribution in [1.82, 2.24) is 0 Å². The second kappa shape index (κ2) is 7.42. The molecule has 3 rings (SSSR count). The normalized spacial score (nSPS) is 17.0. The molecule has 1 fully saturated rings. The van der Waals surface area contributed by atoms with E-state index in [0.717, 1.165) is 0 Å². The molecule has 1 atom stereocenters. The minimum absolute atomic E-state index is 0.0933. The maximum Gasteiger partial charge on any atom is 0.229 e. The molecule has 8 heteroatoms. The van der Waals surface area contributed by atoms with E-state index in [1.807, 2.05) is 0 Å². The largest absolute Gasteiger partial charge is 0.326 e. The van der Waals surface area contributed by atoms with E-state index in [2.05, 4.69) is 5.32 Å². The second-order valence-corrected chi connectivity index (χ2v) is 7.20. The van der Waals surface area contributed by atoms with Crippen LogP contribution >= 0.6 is 46.4 Å². The first-order valence-electron chi connectivity index (χ1n) is 7.37. The Labute approximate surface area is 164 Å². The number of hydrogen-bond acceptors (Lipinski definition) is 2. The molecular weight excluding hydrogens is 406 g/mol. The molecule has 25 heavy (non-hydrogen) atoms. The first kappa shape index (κ1) is 18.3. The van der Waals surface area contributed by atoms with Gasteiger partial charge in [-0.1, -0.05) is 52.5 Å². The Balaban J connectivity index is 1.74. The summed E-state index contributed by atoms with van der Waals surface area (Å²) in [6.45, 7) is 0.228. The fourth-order valence-electron chi connectivity index (χ4n) is 2.64. The van der Waals surface area contributed by atoms with Crippen molar-refractivity contribution >= 4 is 69.6 Å². The summed E-state index contributed by atoms with van der Waals surface area (Å²) in [6, 6.07) is 9.85. The molecule has 1 aliphatic heterocycles. The van der Waals surface area contributed by atoms with E-state index in [9.17, 15) is 9.59 Å². The Morgan fingerprint density at radius 3 is 2.52 bits per heavy atom. The number of nitrogens with one attached hydrogen (secondary N) is 1. The van der Waals surface area contributed by atoms with Crippen molar-refractivity contribution in [3.63, 3.8) is 0 Å². The van der Waals surface area contributed by atoms with Crippen LogP contribution in [-0.2, 0) is 9.59 Å². The Bertz CT molecular complexity index is 857. The van der Waals surface area contributed by atoms with Crippen LogP contribution in [0.4, 0.5) is 11.4 Å². The van der Waals surface area contributed by atoms with Gasteiger partial charge in [-0.25, -0.2) is 0 Å². The molecule has 2 aromatic rings. The summed E-state index contributed by atoms with van der Waals surface area (Å²) in [5.74, 6) is -0.956. The summed E-state index contributed by atoms with van der Waals surface area (Å²) in [4.78, 5) is 26.2. The van der Waals surface area contributed by atoms with E-state index >= 15 is 0 Å². The number of anilines is 2. The lowest BCUT2D eigenvalue weighted by atomic mass is 10.1. The summed E-state index contributed by atoms with van der Waals surface area (Å²) in [7, 11) is 0. The van der Waals surface area contributed by atoms with Crippen molar-refractivity contribution < 1.29 is 9.59 Å². The smallest absolute Gasteiger partial charge is 0.229 e. The molecule has 2 amide bonds. The molecule has 0 radical (unpaired) electrons. The van der Waals surface area contributed by atoms with Crippen LogP contribution in [0.1, 0.15) is 6.42 Å². The molecule has 1 heterocycles. The van der Waals surface area contributed by atoms with Crippen LogP contribution in [0.3, 0.4) is 0 Å². The van der Waals surface area contributed by atoms with E-state index in [0.29, 0.717) is 31.5 Å². The maximum absolute atomic E-state index is 12.5. The number of carbonyl (C=O) groups is 2.